The van der Waals surface area contributed by atoms with Gasteiger partial charge in [-0.1, -0.05) is 18.2 Å². The molecule has 1 amide bonds. The number of para-hydroxylation sites is 1. The van der Waals surface area contributed by atoms with E-state index in [2.05, 4.69) is 23.5 Å². The van der Waals surface area contributed by atoms with E-state index in [9.17, 15) is 4.79 Å². The smallest absolute Gasteiger partial charge is 0.227 e. The van der Waals surface area contributed by atoms with E-state index in [-0.39, 0.29) is 18.3 Å². The van der Waals surface area contributed by atoms with Crippen LogP contribution < -0.4 is 10.2 Å². The first-order chi connectivity index (χ1) is 8.83. The maximum absolute atomic E-state index is 12.3. The summed E-state index contributed by atoms with van der Waals surface area (Å²) in [5.74, 6) is 0.264. The van der Waals surface area contributed by atoms with Gasteiger partial charge in [-0.3, -0.25) is 4.79 Å². The highest BCUT2D eigenvalue weighted by Gasteiger charge is 2.19. The third-order valence-corrected chi connectivity index (χ3v) is 3.48. The van der Waals surface area contributed by atoms with Gasteiger partial charge >= 0.3 is 0 Å². The highest BCUT2D eigenvalue weighted by atomic mass is 35.5. The van der Waals surface area contributed by atoms with Crippen LogP contribution in [0.15, 0.2) is 24.3 Å². The van der Waals surface area contributed by atoms with E-state index in [1.165, 1.54) is 12.0 Å². The first-order valence-electron chi connectivity index (χ1n) is 6.86. The summed E-state index contributed by atoms with van der Waals surface area (Å²) in [5.41, 5.74) is 2.45. The van der Waals surface area contributed by atoms with Crippen LogP contribution in [0, 0.1) is 0 Å². The Morgan fingerprint density at radius 2 is 2.11 bits per heavy atom. The maximum Gasteiger partial charge on any atom is 0.227 e. The van der Waals surface area contributed by atoms with Crippen LogP contribution in [0.4, 0.5) is 5.69 Å². The number of rotatable bonds is 4. The van der Waals surface area contributed by atoms with E-state index >= 15 is 0 Å². The summed E-state index contributed by atoms with van der Waals surface area (Å²) in [6.45, 7) is 1.77. The molecular weight excluding hydrogens is 260 g/mol. The van der Waals surface area contributed by atoms with Crippen molar-refractivity contribution in [1.82, 2.24) is 5.32 Å². The molecule has 0 saturated carbocycles. The summed E-state index contributed by atoms with van der Waals surface area (Å²) in [6.07, 6.45) is 4.92. The zero-order chi connectivity index (χ0) is 12.8. The quantitative estimate of drug-likeness (QED) is 0.862. The minimum absolute atomic E-state index is 0. The van der Waals surface area contributed by atoms with Crippen molar-refractivity contribution in [3.8, 4) is 0 Å². The van der Waals surface area contributed by atoms with E-state index in [0.29, 0.717) is 6.42 Å². The van der Waals surface area contributed by atoms with E-state index in [0.717, 1.165) is 38.0 Å². The number of aryl methyl sites for hydroxylation is 1. The molecule has 1 N–H and O–H groups in total. The fraction of sp³-hybridized carbons (Fsp3) is 0.533. The van der Waals surface area contributed by atoms with E-state index in [1.54, 1.807) is 0 Å². The van der Waals surface area contributed by atoms with Crippen molar-refractivity contribution in [2.75, 3.05) is 25.0 Å². The highest BCUT2D eigenvalue weighted by Crippen LogP contribution is 2.26. The molecule has 0 fully saturated rings. The summed E-state index contributed by atoms with van der Waals surface area (Å²) in [5, 5.41) is 3.09. The second kappa shape index (κ2) is 8.18. The van der Waals surface area contributed by atoms with Crippen molar-refractivity contribution in [2.45, 2.75) is 32.1 Å². The SMILES string of the molecule is CNCCCC(=O)N1CCCCc2ccccc21.Cl. The largest absolute Gasteiger partial charge is 0.320 e. The van der Waals surface area contributed by atoms with Crippen LogP contribution in [-0.4, -0.2) is 26.0 Å². The fourth-order valence-electron chi connectivity index (χ4n) is 2.50. The molecule has 0 atom stereocenters. The van der Waals surface area contributed by atoms with Gasteiger partial charge in [-0.2, -0.15) is 0 Å². The molecule has 4 heteroatoms. The average molecular weight is 283 g/mol. The molecule has 1 aromatic rings. The summed E-state index contributed by atoms with van der Waals surface area (Å²) in [4.78, 5) is 14.3. The van der Waals surface area contributed by atoms with Gasteiger partial charge in [0.25, 0.3) is 0 Å². The number of fused-ring (bicyclic) bond motifs is 1. The van der Waals surface area contributed by atoms with Gasteiger partial charge in [0.2, 0.25) is 5.91 Å². The van der Waals surface area contributed by atoms with Gasteiger partial charge in [0.1, 0.15) is 0 Å². The van der Waals surface area contributed by atoms with Gasteiger partial charge in [-0.25, -0.2) is 0 Å². The molecule has 0 aliphatic carbocycles. The van der Waals surface area contributed by atoms with E-state index in [1.807, 2.05) is 18.0 Å². The molecule has 0 aromatic heterocycles. The van der Waals surface area contributed by atoms with E-state index in [4.69, 9.17) is 0 Å². The number of carbonyl (C=O) groups excluding carboxylic acids is 1. The lowest BCUT2D eigenvalue weighted by atomic mass is 10.1. The number of hydrogen-bond donors (Lipinski definition) is 1. The first-order valence-corrected chi connectivity index (χ1v) is 6.86. The number of anilines is 1. The summed E-state index contributed by atoms with van der Waals surface area (Å²) in [6, 6.07) is 8.32. The number of halogens is 1. The Kier molecular flexibility index (Phi) is 6.89. The monoisotopic (exact) mass is 282 g/mol. The zero-order valence-electron chi connectivity index (χ0n) is 11.5. The maximum atomic E-state index is 12.3. The molecule has 1 heterocycles. The molecule has 0 radical (unpaired) electrons. The van der Waals surface area contributed by atoms with Gasteiger partial charge in [0.15, 0.2) is 0 Å². The predicted molar refractivity (Wildman–Crippen MR) is 82.1 cm³/mol. The predicted octanol–water partition coefficient (Wildman–Crippen LogP) is 2.78. The van der Waals surface area contributed by atoms with E-state index < -0.39 is 0 Å². The summed E-state index contributed by atoms with van der Waals surface area (Å²) >= 11 is 0. The lowest BCUT2D eigenvalue weighted by Gasteiger charge is -2.23. The molecule has 0 saturated heterocycles. The third kappa shape index (κ3) is 4.22. The normalized spacial score (nSPS) is 14.3. The van der Waals surface area contributed by atoms with Crippen LogP contribution in [0.2, 0.25) is 0 Å². The lowest BCUT2D eigenvalue weighted by Crippen LogP contribution is -2.32. The number of benzene rings is 1. The van der Waals surface area contributed by atoms with Gasteiger partial charge in [0.05, 0.1) is 0 Å². The zero-order valence-corrected chi connectivity index (χ0v) is 12.3. The first kappa shape index (κ1) is 16.0. The topological polar surface area (TPSA) is 32.3 Å². The van der Waals surface area contributed by atoms with Crippen molar-refractivity contribution >= 4 is 24.0 Å². The molecule has 3 nitrogen and oxygen atoms in total. The minimum atomic E-state index is 0. The Bertz CT molecular complexity index is 409. The molecule has 0 unspecified atom stereocenters. The van der Waals surface area contributed by atoms with Gasteiger partial charge in [-0.05, 0) is 50.9 Å². The lowest BCUT2D eigenvalue weighted by molar-refractivity contribution is -0.118. The number of hydrogen-bond acceptors (Lipinski definition) is 2. The minimum Gasteiger partial charge on any atom is -0.320 e. The molecule has 0 spiro atoms. The highest BCUT2D eigenvalue weighted by molar-refractivity contribution is 5.94. The van der Waals surface area contributed by atoms with Crippen LogP contribution in [0.5, 0.6) is 0 Å². The number of amides is 1. The Hall–Kier alpha value is -1.06. The van der Waals surface area contributed by atoms with Crippen molar-refractivity contribution in [1.29, 1.82) is 0 Å². The fourth-order valence-corrected chi connectivity index (χ4v) is 2.50. The van der Waals surface area contributed by atoms with Crippen molar-refractivity contribution < 1.29 is 4.79 Å². The second-order valence-corrected chi connectivity index (χ2v) is 4.84. The Morgan fingerprint density at radius 3 is 2.89 bits per heavy atom. The average Bonchev–Trinajstić information content (AvgIpc) is 2.61. The number of nitrogens with one attached hydrogen (secondary N) is 1. The molecule has 0 bridgehead atoms. The van der Waals surface area contributed by atoms with Crippen LogP contribution in [0.3, 0.4) is 0 Å². The summed E-state index contributed by atoms with van der Waals surface area (Å²) < 4.78 is 0. The van der Waals surface area contributed by atoms with Gasteiger partial charge in [0, 0.05) is 18.7 Å². The van der Waals surface area contributed by atoms with Crippen molar-refractivity contribution in [2.24, 2.45) is 0 Å². The van der Waals surface area contributed by atoms with Crippen LogP contribution in [0.1, 0.15) is 31.2 Å². The van der Waals surface area contributed by atoms with Crippen molar-refractivity contribution in [3.63, 3.8) is 0 Å². The van der Waals surface area contributed by atoms with Crippen molar-refractivity contribution in [3.05, 3.63) is 29.8 Å². The molecular formula is C15H23ClN2O. The second-order valence-electron chi connectivity index (χ2n) is 4.84. The Morgan fingerprint density at radius 1 is 1.32 bits per heavy atom. The third-order valence-electron chi connectivity index (χ3n) is 3.48. The molecule has 1 aliphatic rings. The molecule has 106 valence electrons. The Balaban J connectivity index is 0.00000180. The molecule has 1 aliphatic heterocycles. The van der Waals surface area contributed by atoms with Gasteiger partial charge < -0.3 is 10.2 Å². The molecule has 2 rings (SSSR count). The van der Waals surface area contributed by atoms with Crippen LogP contribution in [0.25, 0.3) is 0 Å². The summed E-state index contributed by atoms with van der Waals surface area (Å²) in [7, 11) is 1.92. The molecule has 19 heavy (non-hydrogen) atoms. The van der Waals surface area contributed by atoms with Gasteiger partial charge in [-0.15, -0.1) is 12.4 Å². The standard InChI is InChI=1S/C15H22N2O.ClH/c1-16-11-6-10-15(18)17-12-5-4-8-13-7-2-3-9-14(13)17;/h2-3,7,9,16H,4-6,8,10-12H2,1H3;1H. The van der Waals surface area contributed by atoms with Crippen LogP contribution in [-0.2, 0) is 11.2 Å². The van der Waals surface area contributed by atoms with Crippen LogP contribution >= 0.6 is 12.4 Å². The Labute approximate surface area is 121 Å². The molecule has 1 aromatic carbocycles. The number of nitrogens with zero attached hydrogens (tertiary/aromatic N) is 1. The number of carbonyl (C=O) groups is 1.